The summed E-state index contributed by atoms with van der Waals surface area (Å²) in [6, 6.07) is 11.3. The molecule has 19 heavy (non-hydrogen) atoms. The Labute approximate surface area is 128 Å². The summed E-state index contributed by atoms with van der Waals surface area (Å²) in [7, 11) is 0. The van der Waals surface area contributed by atoms with Crippen LogP contribution in [-0.4, -0.2) is 9.55 Å². The molecule has 0 fully saturated rings. The van der Waals surface area contributed by atoms with Gasteiger partial charge in [0.05, 0.1) is 14.6 Å². The fourth-order valence-electron chi connectivity index (χ4n) is 2.13. The van der Waals surface area contributed by atoms with Crippen LogP contribution in [0.4, 0.5) is 4.39 Å². The number of aromatic amines is 1. The van der Waals surface area contributed by atoms with Crippen LogP contribution in [0.1, 0.15) is 5.56 Å². The Morgan fingerprint density at radius 2 is 2.05 bits per heavy atom. The van der Waals surface area contributed by atoms with E-state index in [2.05, 4.69) is 4.98 Å². The molecule has 1 heterocycles. The van der Waals surface area contributed by atoms with Crippen LogP contribution in [0.3, 0.4) is 0 Å². The molecule has 1 aromatic heterocycles. The molecule has 0 saturated carbocycles. The molecular formula is C14H10FIN2S. The number of aryl methyl sites for hydroxylation is 1. The van der Waals surface area contributed by atoms with Crippen LogP contribution in [0, 0.1) is 21.1 Å². The van der Waals surface area contributed by atoms with Gasteiger partial charge in [0.15, 0.2) is 4.77 Å². The van der Waals surface area contributed by atoms with Crippen LogP contribution < -0.4 is 0 Å². The van der Waals surface area contributed by atoms with Crippen molar-refractivity contribution in [3.8, 4) is 5.69 Å². The molecule has 3 aromatic rings. The van der Waals surface area contributed by atoms with E-state index in [0.717, 1.165) is 22.3 Å². The van der Waals surface area contributed by atoms with E-state index in [4.69, 9.17) is 12.2 Å². The molecule has 0 radical (unpaired) electrons. The highest BCUT2D eigenvalue weighted by molar-refractivity contribution is 14.1. The van der Waals surface area contributed by atoms with Gasteiger partial charge in [-0.2, -0.15) is 0 Å². The van der Waals surface area contributed by atoms with Crippen molar-refractivity contribution in [3.05, 3.63) is 56.1 Å². The highest BCUT2D eigenvalue weighted by Gasteiger charge is 2.10. The molecule has 0 aliphatic carbocycles. The molecule has 0 atom stereocenters. The Balaban J connectivity index is 2.38. The molecule has 0 aliphatic rings. The second-order valence-electron chi connectivity index (χ2n) is 4.39. The number of aromatic nitrogens is 2. The first-order valence-corrected chi connectivity index (χ1v) is 7.22. The van der Waals surface area contributed by atoms with Gasteiger partial charge in [0.1, 0.15) is 5.82 Å². The third kappa shape index (κ3) is 2.21. The normalized spacial score (nSPS) is 11.1. The zero-order valence-corrected chi connectivity index (χ0v) is 13.0. The van der Waals surface area contributed by atoms with Crippen LogP contribution >= 0.6 is 34.8 Å². The van der Waals surface area contributed by atoms with Crippen molar-refractivity contribution in [1.29, 1.82) is 0 Å². The average Bonchev–Trinajstić information content (AvgIpc) is 2.65. The van der Waals surface area contributed by atoms with Gasteiger partial charge in [-0.25, -0.2) is 4.39 Å². The van der Waals surface area contributed by atoms with Crippen molar-refractivity contribution in [2.24, 2.45) is 0 Å². The first-order chi connectivity index (χ1) is 9.06. The van der Waals surface area contributed by atoms with Crippen molar-refractivity contribution >= 4 is 45.8 Å². The molecule has 0 aliphatic heterocycles. The van der Waals surface area contributed by atoms with Crippen LogP contribution in [0.15, 0.2) is 36.4 Å². The lowest BCUT2D eigenvalue weighted by molar-refractivity contribution is 0.622. The molecule has 0 saturated heterocycles. The molecule has 5 heteroatoms. The highest BCUT2D eigenvalue weighted by atomic mass is 127. The van der Waals surface area contributed by atoms with Crippen LogP contribution in [-0.2, 0) is 0 Å². The van der Waals surface area contributed by atoms with Crippen molar-refractivity contribution < 1.29 is 4.39 Å². The van der Waals surface area contributed by atoms with Crippen LogP contribution in [0.2, 0.25) is 0 Å². The Kier molecular flexibility index (Phi) is 3.18. The molecule has 3 rings (SSSR count). The number of nitrogens with zero attached hydrogens (tertiary/aromatic N) is 1. The second kappa shape index (κ2) is 4.72. The minimum Gasteiger partial charge on any atom is -0.330 e. The lowest BCUT2D eigenvalue weighted by atomic mass is 10.2. The zero-order valence-electron chi connectivity index (χ0n) is 10.1. The first-order valence-electron chi connectivity index (χ1n) is 5.73. The summed E-state index contributed by atoms with van der Waals surface area (Å²) in [5.41, 5.74) is 3.68. The van der Waals surface area contributed by atoms with E-state index in [0.29, 0.717) is 8.34 Å². The van der Waals surface area contributed by atoms with E-state index < -0.39 is 0 Å². The maximum absolute atomic E-state index is 13.8. The number of hydrogen-bond donors (Lipinski definition) is 1. The van der Waals surface area contributed by atoms with E-state index in [1.807, 2.05) is 58.3 Å². The Hall–Kier alpha value is -1.21. The Bertz CT molecular complexity index is 835. The molecule has 0 bridgehead atoms. The molecule has 2 nitrogen and oxygen atoms in total. The standard InChI is InChI=1S/C14H10FIN2S/c1-8-3-2-4-9(5-8)18-13-6-10(15)11(16)7-12(13)17-14(18)19/h2-7H,1H3,(H,17,19). The number of benzene rings is 2. The number of imidazole rings is 1. The van der Waals surface area contributed by atoms with Gasteiger partial charge >= 0.3 is 0 Å². The van der Waals surface area contributed by atoms with Crippen molar-refractivity contribution in [2.45, 2.75) is 6.92 Å². The molecule has 2 aromatic carbocycles. The van der Waals surface area contributed by atoms with Gasteiger partial charge in [0, 0.05) is 11.8 Å². The SMILES string of the molecule is Cc1cccc(-n2c(=S)[nH]c3cc(I)c(F)cc32)c1. The lowest BCUT2D eigenvalue weighted by Gasteiger charge is -2.06. The van der Waals surface area contributed by atoms with Gasteiger partial charge in [-0.05, 0) is 65.5 Å². The average molecular weight is 384 g/mol. The summed E-state index contributed by atoms with van der Waals surface area (Å²) in [5, 5.41) is 0. The fourth-order valence-corrected chi connectivity index (χ4v) is 2.91. The maximum atomic E-state index is 13.8. The summed E-state index contributed by atoms with van der Waals surface area (Å²) in [4.78, 5) is 3.12. The summed E-state index contributed by atoms with van der Waals surface area (Å²) in [5.74, 6) is -0.233. The van der Waals surface area contributed by atoms with Crippen LogP contribution in [0.5, 0.6) is 0 Å². The molecular weight excluding hydrogens is 374 g/mol. The summed E-state index contributed by atoms with van der Waals surface area (Å²) in [6.07, 6.45) is 0. The number of fused-ring (bicyclic) bond motifs is 1. The van der Waals surface area contributed by atoms with Crippen molar-refractivity contribution in [1.82, 2.24) is 9.55 Å². The predicted molar refractivity (Wildman–Crippen MR) is 85.9 cm³/mol. The van der Waals surface area contributed by atoms with Crippen molar-refractivity contribution in [3.63, 3.8) is 0 Å². The quantitative estimate of drug-likeness (QED) is 0.475. The number of rotatable bonds is 1. The number of nitrogens with one attached hydrogen (secondary N) is 1. The topological polar surface area (TPSA) is 20.7 Å². The summed E-state index contributed by atoms with van der Waals surface area (Å²) in [6.45, 7) is 2.02. The smallest absolute Gasteiger partial charge is 0.182 e. The van der Waals surface area contributed by atoms with E-state index in [-0.39, 0.29) is 5.82 Å². The van der Waals surface area contributed by atoms with Gasteiger partial charge in [-0.1, -0.05) is 12.1 Å². The summed E-state index contributed by atoms with van der Waals surface area (Å²) >= 11 is 7.32. The molecule has 0 spiro atoms. The minimum absolute atomic E-state index is 0.233. The molecule has 0 amide bonds. The second-order valence-corrected chi connectivity index (χ2v) is 5.94. The van der Waals surface area contributed by atoms with E-state index in [1.54, 1.807) is 6.07 Å². The van der Waals surface area contributed by atoms with Gasteiger partial charge < -0.3 is 4.98 Å². The number of hydrogen-bond acceptors (Lipinski definition) is 1. The van der Waals surface area contributed by atoms with Crippen molar-refractivity contribution in [2.75, 3.05) is 0 Å². The fraction of sp³-hybridized carbons (Fsp3) is 0.0714. The molecule has 0 unspecified atom stereocenters. The van der Waals surface area contributed by atoms with E-state index in [1.165, 1.54) is 6.07 Å². The highest BCUT2D eigenvalue weighted by Crippen LogP contribution is 2.24. The monoisotopic (exact) mass is 384 g/mol. The zero-order chi connectivity index (χ0) is 13.6. The minimum atomic E-state index is -0.233. The van der Waals surface area contributed by atoms with Gasteiger partial charge in [0.25, 0.3) is 0 Å². The Morgan fingerprint density at radius 1 is 1.26 bits per heavy atom. The maximum Gasteiger partial charge on any atom is 0.182 e. The Morgan fingerprint density at radius 3 is 2.79 bits per heavy atom. The predicted octanol–water partition coefficient (Wildman–Crippen LogP) is 4.74. The van der Waals surface area contributed by atoms with E-state index >= 15 is 0 Å². The first kappa shape index (κ1) is 12.8. The number of H-pyrrole nitrogens is 1. The number of halogens is 2. The van der Waals surface area contributed by atoms with Gasteiger partial charge in [-0.15, -0.1) is 0 Å². The van der Waals surface area contributed by atoms with Gasteiger partial charge in [-0.3, -0.25) is 4.57 Å². The van der Waals surface area contributed by atoms with E-state index in [9.17, 15) is 4.39 Å². The van der Waals surface area contributed by atoms with Gasteiger partial charge in [0.2, 0.25) is 0 Å². The lowest BCUT2D eigenvalue weighted by Crippen LogP contribution is -1.95. The third-order valence-electron chi connectivity index (χ3n) is 2.98. The summed E-state index contributed by atoms with van der Waals surface area (Å²) < 4.78 is 16.8. The third-order valence-corrected chi connectivity index (χ3v) is 4.10. The largest absolute Gasteiger partial charge is 0.330 e. The van der Waals surface area contributed by atoms with Crippen LogP contribution in [0.25, 0.3) is 16.7 Å². The molecule has 1 N–H and O–H groups in total. The molecule has 96 valence electrons.